The Morgan fingerprint density at radius 3 is 2.44 bits per heavy atom. The maximum atomic E-state index is 2.52. The molecule has 1 atom stereocenters. The summed E-state index contributed by atoms with van der Waals surface area (Å²) in [6, 6.07) is 0. The van der Waals surface area contributed by atoms with Gasteiger partial charge in [0.1, 0.15) is 0 Å². The Morgan fingerprint density at radius 1 is 1.00 bits per heavy atom. The van der Waals surface area contributed by atoms with Gasteiger partial charge in [-0.3, -0.25) is 0 Å². The molecular weight excluding hydrogens is 216 g/mol. The van der Waals surface area contributed by atoms with Gasteiger partial charge in [-0.05, 0) is 46.5 Å². The molecular formula is C18H24. The molecule has 1 unspecified atom stereocenters. The molecule has 1 saturated carbocycles. The maximum absolute atomic E-state index is 2.52. The van der Waals surface area contributed by atoms with Crippen LogP contribution in [0, 0.1) is 16.7 Å². The molecule has 3 aliphatic carbocycles. The molecule has 0 aliphatic heterocycles. The van der Waals surface area contributed by atoms with E-state index < -0.39 is 0 Å². The number of hydrogen-bond acceptors (Lipinski definition) is 0. The number of hydrogen-bond donors (Lipinski definition) is 0. The molecule has 0 aromatic carbocycles. The van der Waals surface area contributed by atoms with Crippen LogP contribution in [0.3, 0.4) is 0 Å². The molecule has 0 nitrogen and oxygen atoms in total. The Bertz CT molecular complexity index is 518. The lowest BCUT2D eigenvalue weighted by molar-refractivity contribution is 0.460. The summed E-state index contributed by atoms with van der Waals surface area (Å²) in [5.41, 5.74) is 6.70. The van der Waals surface area contributed by atoms with Crippen LogP contribution in [0.1, 0.15) is 47.5 Å². The standard InChI is InChI=1S/C18H24/c1-12-6-7-15-14(10-12)13-8-9-17(2,3)11-16(13)18(15,4)5/h7-8,10-12H,6,9H2,1-5H3. The smallest absolute Gasteiger partial charge is 0.0152 e. The molecule has 0 spiro atoms. The normalized spacial score (nSPS) is 31.7. The minimum absolute atomic E-state index is 0.204. The van der Waals surface area contributed by atoms with Gasteiger partial charge in [-0.1, -0.05) is 58.9 Å². The minimum Gasteiger partial charge on any atom is -0.0792 e. The first kappa shape index (κ1) is 12.0. The van der Waals surface area contributed by atoms with Crippen LogP contribution in [-0.4, -0.2) is 0 Å². The first-order valence-corrected chi connectivity index (χ1v) is 7.18. The highest BCUT2D eigenvalue weighted by molar-refractivity contribution is 5.70. The molecule has 0 heterocycles. The van der Waals surface area contributed by atoms with Crippen LogP contribution in [0.5, 0.6) is 0 Å². The lowest BCUT2D eigenvalue weighted by Crippen LogP contribution is -2.18. The third kappa shape index (κ3) is 1.58. The van der Waals surface area contributed by atoms with Crippen molar-refractivity contribution in [3.63, 3.8) is 0 Å². The first-order valence-electron chi connectivity index (χ1n) is 7.18. The van der Waals surface area contributed by atoms with Crippen LogP contribution in [0.15, 0.2) is 46.6 Å². The van der Waals surface area contributed by atoms with E-state index in [4.69, 9.17) is 0 Å². The molecule has 0 saturated heterocycles. The second-order valence-corrected chi connectivity index (χ2v) is 7.40. The van der Waals surface area contributed by atoms with Gasteiger partial charge >= 0.3 is 0 Å². The van der Waals surface area contributed by atoms with E-state index in [1.165, 1.54) is 24.0 Å². The van der Waals surface area contributed by atoms with Crippen molar-refractivity contribution in [3.05, 3.63) is 46.6 Å². The Morgan fingerprint density at radius 2 is 1.72 bits per heavy atom. The Kier molecular flexibility index (Phi) is 2.33. The zero-order valence-electron chi connectivity index (χ0n) is 12.3. The van der Waals surface area contributed by atoms with Gasteiger partial charge in [-0.2, -0.15) is 0 Å². The fraction of sp³-hybridized carbons (Fsp3) is 0.556. The van der Waals surface area contributed by atoms with Gasteiger partial charge in [-0.15, -0.1) is 0 Å². The van der Waals surface area contributed by atoms with Gasteiger partial charge in [-0.25, -0.2) is 0 Å². The average molecular weight is 240 g/mol. The van der Waals surface area contributed by atoms with E-state index in [0.717, 1.165) is 0 Å². The van der Waals surface area contributed by atoms with Crippen molar-refractivity contribution >= 4 is 0 Å². The number of allylic oxidation sites excluding steroid dienone is 8. The van der Waals surface area contributed by atoms with Gasteiger partial charge in [0.15, 0.2) is 0 Å². The van der Waals surface area contributed by atoms with Crippen LogP contribution < -0.4 is 0 Å². The van der Waals surface area contributed by atoms with E-state index in [9.17, 15) is 0 Å². The highest BCUT2D eigenvalue weighted by Gasteiger charge is 2.43. The Labute approximate surface area is 111 Å². The van der Waals surface area contributed by atoms with Crippen LogP contribution in [0.4, 0.5) is 0 Å². The van der Waals surface area contributed by atoms with E-state index in [2.05, 4.69) is 58.9 Å². The molecule has 0 bridgehead atoms. The molecule has 1 fully saturated rings. The fourth-order valence-corrected chi connectivity index (χ4v) is 3.60. The highest BCUT2D eigenvalue weighted by Crippen LogP contribution is 2.57. The molecule has 0 aromatic rings. The summed E-state index contributed by atoms with van der Waals surface area (Å²) in [4.78, 5) is 0. The third-order valence-electron chi connectivity index (χ3n) is 4.73. The topological polar surface area (TPSA) is 0 Å². The summed E-state index contributed by atoms with van der Waals surface area (Å²) >= 11 is 0. The van der Waals surface area contributed by atoms with Crippen LogP contribution in [0.2, 0.25) is 0 Å². The van der Waals surface area contributed by atoms with E-state index in [1.807, 2.05) is 0 Å². The van der Waals surface area contributed by atoms with Crippen molar-refractivity contribution in [2.75, 3.05) is 0 Å². The third-order valence-corrected chi connectivity index (χ3v) is 4.73. The van der Waals surface area contributed by atoms with Crippen molar-refractivity contribution in [2.45, 2.75) is 47.5 Å². The monoisotopic (exact) mass is 240 g/mol. The lowest BCUT2D eigenvalue weighted by Gasteiger charge is -2.30. The Balaban J connectivity index is 2.19. The van der Waals surface area contributed by atoms with Crippen molar-refractivity contribution in [3.8, 4) is 0 Å². The molecule has 0 heteroatoms. The van der Waals surface area contributed by atoms with Gasteiger partial charge in [0.05, 0.1) is 0 Å². The maximum Gasteiger partial charge on any atom is 0.0152 e. The second kappa shape index (κ2) is 3.50. The summed E-state index contributed by atoms with van der Waals surface area (Å²) in [6.07, 6.45) is 12.3. The minimum atomic E-state index is 0.204. The average Bonchev–Trinajstić information content (AvgIpc) is 2.46. The largest absolute Gasteiger partial charge is 0.0792 e. The van der Waals surface area contributed by atoms with Crippen molar-refractivity contribution < 1.29 is 0 Å². The molecule has 0 N–H and O–H groups in total. The van der Waals surface area contributed by atoms with E-state index in [-0.39, 0.29) is 5.41 Å². The van der Waals surface area contributed by atoms with Crippen molar-refractivity contribution in [2.24, 2.45) is 16.7 Å². The summed E-state index contributed by atoms with van der Waals surface area (Å²) in [7, 11) is 0. The lowest BCUT2D eigenvalue weighted by atomic mass is 9.74. The Hall–Kier alpha value is -1.04. The fourth-order valence-electron chi connectivity index (χ4n) is 3.60. The van der Waals surface area contributed by atoms with E-state index in [1.54, 1.807) is 11.1 Å². The van der Waals surface area contributed by atoms with Gasteiger partial charge in [0.2, 0.25) is 0 Å². The zero-order valence-corrected chi connectivity index (χ0v) is 12.3. The summed E-state index contributed by atoms with van der Waals surface area (Å²) in [5.74, 6) is 0.690. The van der Waals surface area contributed by atoms with Gasteiger partial charge in [0.25, 0.3) is 0 Å². The van der Waals surface area contributed by atoms with Gasteiger partial charge in [0, 0.05) is 5.41 Å². The molecule has 3 rings (SSSR count). The second-order valence-electron chi connectivity index (χ2n) is 7.40. The molecule has 0 amide bonds. The number of fused-ring (bicyclic) bond motifs is 3. The van der Waals surface area contributed by atoms with Crippen molar-refractivity contribution in [1.82, 2.24) is 0 Å². The first-order chi connectivity index (χ1) is 8.31. The summed E-state index contributed by atoms with van der Waals surface area (Å²) in [6.45, 7) is 11.8. The molecule has 96 valence electrons. The van der Waals surface area contributed by atoms with Crippen LogP contribution in [-0.2, 0) is 0 Å². The zero-order chi connectivity index (χ0) is 13.1. The van der Waals surface area contributed by atoms with E-state index in [0.29, 0.717) is 11.3 Å². The predicted molar refractivity (Wildman–Crippen MR) is 78.3 cm³/mol. The molecule has 0 radical (unpaired) electrons. The van der Waals surface area contributed by atoms with Gasteiger partial charge < -0.3 is 0 Å². The van der Waals surface area contributed by atoms with E-state index >= 15 is 0 Å². The summed E-state index contributed by atoms with van der Waals surface area (Å²) in [5, 5.41) is 0. The molecule has 3 aliphatic rings. The molecule has 18 heavy (non-hydrogen) atoms. The SMILES string of the molecule is CC1C=C2C3=CCC(C)(C)C=C3C(C)(C)C2=CC1. The van der Waals surface area contributed by atoms with Crippen molar-refractivity contribution in [1.29, 1.82) is 0 Å². The highest BCUT2D eigenvalue weighted by atomic mass is 14.5. The quantitative estimate of drug-likeness (QED) is 0.546. The number of rotatable bonds is 0. The predicted octanol–water partition coefficient (Wildman–Crippen LogP) is 5.20. The summed E-state index contributed by atoms with van der Waals surface area (Å²) < 4.78 is 0. The van der Waals surface area contributed by atoms with Crippen LogP contribution in [0.25, 0.3) is 0 Å². The van der Waals surface area contributed by atoms with Crippen LogP contribution >= 0.6 is 0 Å². The molecule has 0 aromatic heterocycles.